The predicted octanol–water partition coefficient (Wildman–Crippen LogP) is 3.48. The van der Waals surface area contributed by atoms with Crippen LogP contribution in [0.2, 0.25) is 0 Å². The van der Waals surface area contributed by atoms with Crippen molar-refractivity contribution in [3.63, 3.8) is 0 Å². The molecule has 0 spiro atoms. The van der Waals surface area contributed by atoms with Gasteiger partial charge in [-0.3, -0.25) is 9.59 Å². The van der Waals surface area contributed by atoms with E-state index in [-0.39, 0.29) is 24.8 Å². The van der Waals surface area contributed by atoms with Crippen LogP contribution in [-0.2, 0) is 9.53 Å². The Balaban J connectivity index is 1.55. The summed E-state index contributed by atoms with van der Waals surface area (Å²) in [4.78, 5) is 38.7. The molecule has 0 bridgehead atoms. The maximum Gasteiger partial charge on any atom is 0.344 e. The fourth-order valence-corrected chi connectivity index (χ4v) is 2.82. The average Bonchev–Trinajstić information content (AvgIpc) is 3.00. The van der Waals surface area contributed by atoms with Crippen LogP contribution in [0.5, 0.6) is 5.75 Å². The Bertz CT molecular complexity index is 1000. The van der Waals surface area contributed by atoms with Gasteiger partial charge in [-0.25, -0.2) is 4.79 Å². The van der Waals surface area contributed by atoms with Gasteiger partial charge in [0, 0.05) is 27.7 Å². The number of carbonyl (C=O) groups is 3. The van der Waals surface area contributed by atoms with Gasteiger partial charge < -0.3 is 14.5 Å². The van der Waals surface area contributed by atoms with Gasteiger partial charge in [-0.1, -0.05) is 18.2 Å². The molecule has 0 amide bonds. The summed E-state index contributed by atoms with van der Waals surface area (Å²) in [5.74, 6) is -0.525. The highest BCUT2D eigenvalue weighted by Gasteiger charge is 2.17. The number of ether oxygens (including phenoxy) is 2. The number of para-hydroxylation sites is 1. The van der Waals surface area contributed by atoms with Crippen molar-refractivity contribution >= 4 is 28.4 Å². The molecule has 138 valence electrons. The van der Waals surface area contributed by atoms with E-state index in [2.05, 4.69) is 4.98 Å². The molecule has 0 radical (unpaired) electrons. The number of ketones is 2. The lowest BCUT2D eigenvalue weighted by molar-refractivity contribution is -0.144. The molecule has 0 saturated carbocycles. The van der Waals surface area contributed by atoms with Crippen molar-refractivity contribution in [1.82, 2.24) is 4.98 Å². The molecule has 0 aliphatic rings. The van der Waals surface area contributed by atoms with Crippen LogP contribution in [0, 0.1) is 6.92 Å². The molecule has 1 N–H and O–H groups in total. The molecular formula is C21H19NO5. The minimum absolute atomic E-state index is 0.0490. The Morgan fingerprint density at radius 1 is 0.963 bits per heavy atom. The van der Waals surface area contributed by atoms with Gasteiger partial charge in [-0.05, 0) is 44.2 Å². The third-order valence-corrected chi connectivity index (χ3v) is 4.15. The summed E-state index contributed by atoms with van der Waals surface area (Å²) >= 11 is 0. The summed E-state index contributed by atoms with van der Waals surface area (Å²) < 4.78 is 10.3. The van der Waals surface area contributed by atoms with E-state index in [0.717, 1.165) is 16.6 Å². The van der Waals surface area contributed by atoms with Crippen LogP contribution < -0.4 is 4.74 Å². The largest absolute Gasteiger partial charge is 0.482 e. The van der Waals surface area contributed by atoms with Gasteiger partial charge in [0.05, 0.1) is 0 Å². The number of H-pyrrole nitrogens is 1. The van der Waals surface area contributed by atoms with Gasteiger partial charge in [-0.15, -0.1) is 0 Å². The van der Waals surface area contributed by atoms with Crippen molar-refractivity contribution in [3.05, 3.63) is 65.4 Å². The lowest BCUT2D eigenvalue weighted by atomic mass is 10.1. The Hall–Kier alpha value is -3.41. The van der Waals surface area contributed by atoms with Gasteiger partial charge in [0.25, 0.3) is 0 Å². The molecule has 27 heavy (non-hydrogen) atoms. The number of benzene rings is 2. The van der Waals surface area contributed by atoms with Gasteiger partial charge in [0.1, 0.15) is 5.75 Å². The fraction of sp³-hybridized carbons (Fsp3) is 0.190. The van der Waals surface area contributed by atoms with Crippen LogP contribution in [0.4, 0.5) is 0 Å². The number of hydrogen-bond donors (Lipinski definition) is 1. The Labute approximate surface area is 156 Å². The minimum atomic E-state index is -0.642. The summed E-state index contributed by atoms with van der Waals surface area (Å²) in [6.07, 6.45) is 0. The molecule has 3 rings (SSSR count). The maximum atomic E-state index is 12.5. The van der Waals surface area contributed by atoms with Gasteiger partial charge in [0.2, 0.25) is 5.78 Å². The topological polar surface area (TPSA) is 85.5 Å². The van der Waals surface area contributed by atoms with Crippen molar-refractivity contribution in [2.45, 2.75) is 13.8 Å². The number of fused-ring (bicyclic) bond motifs is 1. The monoisotopic (exact) mass is 365 g/mol. The molecule has 6 nitrogen and oxygen atoms in total. The second kappa shape index (κ2) is 7.86. The first-order valence-electron chi connectivity index (χ1n) is 8.45. The maximum absolute atomic E-state index is 12.5. The zero-order chi connectivity index (χ0) is 19.4. The van der Waals surface area contributed by atoms with Crippen molar-refractivity contribution in [1.29, 1.82) is 0 Å². The van der Waals surface area contributed by atoms with E-state index < -0.39 is 5.97 Å². The minimum Gasteiger partial charge on any atom is -0.482 e. The Kier molecular flexibility index (Phi) is 5.35. The molecule has 0 saturated heterocycles. The van der Waals surface area contributed by atoms with Crippen LogP contribution in [0.1, 0.15) is 33.3 Å². The van der Waals surface area contributed by atoms with E-state index in [1.165, 1.54) is 6.92 Å². The molecule has 6 heteroatoms. The summed E-state index contributed by atoms with van der Waals surface area (Å²) in [6, 6.07) is 13.9. The standard InChI is InChI=1S/C21H19NO5/c1-13-21(17-5-3-4-6-18(17)22-13)19(24)11-27-20(25)12-26-16-9-7-15(8-10-16)14(2)23/h3-10,22H,11-12H2,1-2H3. The number of Topliss-reactive ketones (excluding diaryl/α,β-unsaturated/α-hetero) is 2. The Morgan fingerprint density at radius 2 is 1.67 bits per heavy atom. The fourth-order valence-electron chi connectivity index (χ4n) is 2.82. The summed E-state index contributed by atoms with van der Waals surface area (Å²) in [5.41, 5.74) is 2.69. The number of rotatable bonds is 7. The van der Waals surface area contributed by atoms with Crippen molar-refractivity contribution in [2.75, 3.05) is 13.2 Å². The number of nitrogens with one attached hydrogen (secondary N) is 1. The van der Waals surface area contributed by atoms with E-state index in [1.54, 1.807) is 24.3 Å². The van der Waals surface area contributed by atoms with Crippen LogP contribution in [-0.4, -0.2) is 35.7 Å². The highest BCUT2D eigenvalue weighted by Crippen LogP contribution is 2.22. The van der Waals surface area contributed by atoms with Gasteiger partial charge in [-0.2, -0.15) is 0 Å². The number of carbonyl (C=O) groups excluding carboxylic acids is 3. The van der Waals surface area contributed by atoms with E-state index in [1.807, 2.05) is 31.2 Å². The van der Waals surface area contributed by atoms with Crippen molar-refractivity contribution in [2.24, 2.45) is 0 Å². The molecule has 1 heterocycles. The lowest BCUT2D eigenvalue weighted by Gasteiger charge is -2.07. The Morgan fingerprint density at radius 3 is 2.37 bits per heavy atom. The molecule has 0 atom stereocenters. The summed E-state index contributed by atoms with van der Waals surface area (Å²) in [5, 5.41) is 0.804. The summed E-state index contributed by atoms with van der Waals surface area (Å²) in [7, 11) is 0. The average molecular weight is 365 g/mol. The number of aromatic nitrogens is 1. The number of hydrogen-bond acceptors (Lipinski definition) is 5. The van der Waals surface area contributed by atoms with Crippen LogP contribution in [0.15, 0.2) is 48.5 Å². The second-order valence-electron chi connectivity index (χ2n) is 6.12. The third kappa shape index (κ3) is 4.23. The molecule has 3 aromatic rings. The molecule has 0 aliphatic heterocycles. The zero-order valence-corrected chi connectivity index (χ0v) is 15.1. The third-order valence-electron chi connectivity index (χ3n) is 4.15. The lowest BCUT2D eigenvalue weighted by Crippen LogP contribution is -2.19. The van der Waals surface area contributed by atoms with Gasteiger partial charge >= 0.3 is 5.97 Å². The summed E-state index contributed by atoms with van der Waals surface area (Å²) in [6.45, 7) is 2.61. The number of esters is 1. The molecule has 0 unspecified atom stereocenters. The SMILES string of the molecule is CC(=O)c1ccc(OCC(=O)OCC(=O)c2c(C)[nH]c3ccccc23)cc1. The van der Waals surface area contributed by atoms with E-state index in [0.29, 0.717) is 16.9 Å². The molecular weight excluding hydrogens is 346 g/mol. The first-order valence-corrected chi connectivity index (χ1v) is 8.45. The highest BCUT2D eigenvalue weighted by atomic mass is 16.6. The van der Waals surface area contributed by atoms with Crippen molar-refractivity contribution < 1.29 is 23.9 Å². The van der Waals surface area contributed by atoms with Crippen LogP contribution >= 0.6 is 0 Å². The van der Waals surface area contributed by atoms with Gasteiger partial charge in [0.15, 0.2) is 19.0 Å². The molecule has 2 aromatic carbocycles. The smallest absolute Gasteiger partial charge is 0.344 e. The van der Waals surface area contributed by atoms with Crippen molar-refractivity contribution in [3.8, 4) is 5.75 Å². The normalized spacial score (nSPS) is 10.6. The molecule has 0 aliphatic carbocycles. The zero-order valence-electron chi connectivity index (χ0n) is 15.1. The van der Waals surface area contributed by atoms with E-state index in [4.69, 9.17) is 9.47 Å². The first kappa shape index (κ1) is 18.4. The first-order chi connectivity index (χ1) is 13.0. The van der Waals surface area contributed by atoms with E-state index >= 15 is 0 Å². The quantitative estimate of drug-likeness (QED) is 0.512. The second-order valence-corrected chi connectivity index (χ2v) is 6.12. The molecule has 0 fully saturated rings. The number of aryl methyl sites for hydroxylation is 1. The van der Waals surface area contributed by atoms with Crippen LogP contribution in [0.25, 0.3) is 10.9 Å². The highest BCUT2D eigenvalue weighted by molar-refractivity contribution is 6.10. The molecule has 1 aromatic heterocycles. The predicted molar refractivity (Wildman–Crippen MR) is 100 cm³/mol. The van der Waals surface area contributed by atoms with Crippen LogP contribution in [0.3, 0.4) is 0 Å². The van der Waals surface area contributed by atoms with E-state index in [9.17, 15) is 14.4 Å². The number of aromatic amines is 1.